The van der Waals surface area contributed by atoms with E-state index in [4.69, 9.17) is 21.1 Å². The van der Waals surface area contributed by atoms with Crippen LogP contribution >= 0.6 is 11.6 Å². The number of alkyl halides is 1. The number of amides is 1. The Balaban J connectivity index is 1.30. The quantitative estimate of drug-likeness (QED) is 0.160. The van der Waals surface area contributed by atoms with Crippen LogP contribution in [0.15, 0.2) is 65.7 Å². The van der Waals surface area contributed by atoms with E-state index in [1.54, 1.807) is 42.5 Å². The molecule has 0 saturated carbocycles. The summed E-state index contributed by atoms with van der Waals surface area (Å²) in [5.74, 6) is 1.84. The highest BCUT2D eigenvalue weighted by Crippen LogP contribution is 2.38. The number of carbonyl (C=O) groups excluding carboxylic acids is 1. The van der Waals surface area contributed by atoms with Crippen molar-refractivity contribution in [1.82, 2.24) is 14.5 Å². The lowest BCUT2D eigenvalue weighted by molar-refractivity contribution is 0.0181. The van der Waals surface area contributed by atoms with E-state index in [1.807, 2.05) is 39.0 Å². The number of carbonyl (C=O) groups is 1. The third-order valence-corrected chi connectivity index (χ3v) is 9.88. The van der Waals surface area contributed by atoms with Gasteiger partial charge in [0.2, 0.25) is 10.0 Å². The molecule has 10 nitrogen and oxygen atoms in total. The number of piperidine rings is 1. The first kappa shape index (κ1) is 34.4. The Morgan fingerprint density at radius 1 is 1.06 bits per heavy atom. The highest BCUT2D eigenvalue weighted by molar-refractivity contribution is 7.92. The average Bonchev–Trinajstić information content (AvgIpc) is 3.52. The molecule has 0 bridgehead atoms. The molecule has 2 aromatic heterocycles. The molecule has 0 unspecified atom stereocenters. The summed E-state index contributed by atoms with van der Waals surface area (Å²) in [5.41, 5.74) is 2.71. The summed E-state index contributed by atoms with van der Waals surface area (Å²) in [7, 11) is -1.93. The van der Waals surface area contributed by atoms with E-state index in [1.165, 1.54) is 10.1 Å². The predicted octanol–water partition coefficient (Wildman–Crippen LogP) is 7.28. The highest BCUT2D eigenvalue weighted by Gasteiger charge is 2.27. The third kappa shape index (κ3) is 8.90. The van der Waals surface area contributed by atoms with E-state index < -0.39 is 15.6 Å². The minimum absolute atomic E-state index is 0.0936. The summed E-state index contributed by atoms with van der Waals surface area (Å²) in [4.78, 5) is 30.0. The number of benzene rings is 2. The molecular formula is C35H43ClN4O6S. The van der Waals surface area contributed by atoms with Gasteiger partial charge in [-0.1, -0.05) is 12.1 Å². The molecule has 0 atom stereocenters. The van der Waals surface area contributed by atoms with E-state index in [0.29, 0.717) is 59.1 Å². The van der Waals surface area contributed by atoms with Crippen molar-refractivity contribution in [3.05, 3.63) is 76.8 Å². The van der Waals surface area contributed by atoms with Crippen molar-refractivity contribution in [3.8, 4) is 22.6 Å². The number of aromatic nitrogens is 2. The van der Waals surface area contributed by atoms with Crippen molar-refractivity contribution >= 4 is 44.3 Å². The van der Waals surface area contributed by atoms with Gasteiger partial charge < -0.3 is 23.9 Å². The summed E-state index contributed by atoms with van der Waals surface area (Å²) in [5, 5.41) is 0.701. The van der Waals surface area contributed by atoms with Gasteiger partial charge in [-0.05, 0) is 101 Å². The number of rotatable bonds is 11. The molecule has 4 aromatic rings. The first-order chi connectivity index (χ1) is 22.3. The molecule has 1 amide bonds. The minimum atomic E-state index is -3.61. The number of nitrogens with one attached hydrogen (secondary N) is 2. The molecular weight excluding hydrogens is 640 g/mol. The van der Waals surface area contributed by atoms with Crippen LogP contribution in [0, 0.1) is 5.92 Å². The van der Waals surface area contributed by atoms with Gasteiger partial charge in [-0.3, -0.25) is 9.52 Å². The molecule has 2 N–H and O–H groups in total. The zero-order chi connectivity index (χ0) is 33.8. The Morgan fingerprint density at radius 3 is 2.47 bits per heavy atom. The van der Waals surface area contributed by atoms with Crippen LogP contribution in [-0.4, -0.2) is 59.3 Å². The van der Waals surface area contributed by atoms with Crippen molar-refractivity contribution in [1.29, 1.82) is 0 Å². The molecule has 47 heavy (non-hydrogen) atoms. The number of aromatic amines is 1. The van der Waals surface area contributed by atoms with Crippen LogP contribution < -0.4 is 15.0 Å². The van der Waals surface area contributed by atoms with Gasteiger partial charge in [0.05, 0.1) is 5.75 Å². The normalized spacial score (nSPS) is 14.4. The first-order valence-corrected chi connectivity index (χ1v) is 18.1. The highest BCUT2D eigenvalue weighted by atomic mass is 35.5. The Bertz CT molecular complexity index is 1870. The number of pyridine rings is 1. The molecule has 0 spiro atoms. The van der Waals surface area contributed by atoms with Crippen molar-refractivity contribution in [3.63, 3.8) is 0 Å². The summed E-state index contributed by atoms with van der Waals surface area (Å²) in [6, 6.07) is 14.9. The molecule has 12 heteroatoms. The first-order valence-electron chi connectivity index (χ1n) is 15.9. The number of hydrogen-bond acceptors (Lipinski definition) is 6. The number of H-pyrrole nitrogens is 1. The van der Waals surface area contributed by atoms with Crippen molar-refractivity contribution < 1.29 is 22.7 Å². The molecule has 1 aliphatic heterocycles. The largest absolute Gasteiger partial charge is 0.457 e. The summed E-state index contributed by atoms with van der Waals surface area (Å²) >= 11 is 5.72. The van der Waals surface area contributed by atoms with Gasteiger partial charge in [0.1, 0.15) is 22.6 Å². The van der Waals surface area contributed by atoms with Gasteiger partial charge in [0.15, 0.2) is 0 Å². The van der Waals surface area contributed by atoms with Crippen LogP contribution in [0.1, 0.15) is 52.0 Å². The van der Waals surface area contributed by atoms with E-state index in [-0.39, 0.29) is 23.3 Å². The minimum Gasteiger partial charge on any atom is -0.457 e. The SMILES string of the molecule is Cn1cc(-c2cc(NS(=O)(=O)CCCCl)ccc2Oc2ccc(CCC3CCN(C(=O)OC(C)(C)C)CC3)cc2)c2cc[nH]c2c1=O. The van der Waals surface area contributed by atoms with Crippen LogP contribution in [0.3, 0.4) is 0 Å². The fourth-order valence-electron chi connectivity index (χ4n) is 5.80. The molecule has 0 radical (unpaired) electrons. The smallest absolute Gasteiger partial charge is 0.410 e. The van der Waals surface area contributed by atoms with Gasteiger partial charge in [-0.25, -0.2) is 13.2 Å². The van der Waals surface area contributed by atoms with Crippen molar-refractivity contribution in [2.75, 3.05) is 29.4 Å². The number of anilines is 1. The molecule has 252 valence electrons. The molecule has 1 aliphatic rings. The zero-order valence-electron chi connectivity index (χ0n) is 27.3. The van der Waals surface area contributed by atoms with Crippen molar-refractivity contribution in [2.24, 2.45) is 13.0 Å². The Labute approximate surface area is 281 Å². The lowest BCUT2D eigenvalue weighted by Gasteiger charge is -2.33. The standard InChI is InChI=1S/C35H43ClN4O6S/c1-35(2,3)46-34(42)40-19-15-25(16-20-40)7-6-24-8-11-27(12-9-24)45-31-13-10-26(38-47(43,44)21-5-17-36)22-29(31)30-23-39(4)33(41)32-28(30)14-18-37-32/h8-14,18,22-23,25,37-38H,5-7,15-17,19-21H2,1-4H3. The summed E-state index contributed by atoms with van der Waals surface area (Å²) in [6.07, 6.45) is 7.41. The lowest BCUT2D eigenvalue weighted by Crippen LogP contribution is -2.41. The number of nitrogens with zero attached hydrogens (tertiary/aromatic N) is 2. The molecule has 5 rings (SSSR count). The monoisotopic (exact) mass is 682 g/mol. The van der Waals surface area contributed by atoms with Gasteiger partial charge in [-0.2, -0.15) is 0 Å². The Hall–Kier alpha value is -3.96. The van der Waals surface area contributed by atoms with Crippen LogP contribution in [-0.2, 0) is 28.2 Å². The van der Waals surface area contributed by atoms with E-state index in [2.05, 4.69) is 21.8 Å². The maximum Gasteiger partial charge on any atom is 0.410 e. The number of ether oxygens (including phenoxy) is 2. The lowest BCUT2D eigenvalue weighted by atomic mass is 9.90. The van der Waals surface area contributed by atoms with E-state index >= 15 is 0 Å². The van der Waals surface area contributed by atoms with Gasteiger partial charge in [-0.15, -0.1) is 11.6 Å². The average molecular weight is 683 g/mol. The van der Waals surface area contributed by atoms with Crippen molar-refractivity contribution in [2.45, 2.75) is 58.5 Å². The second-order valence-corrected chi connectivity index (χ2v) is 15.3. The molecule has 0 aliphatic carbocycles. The van der Waals surface area contributed by atoms with E-state index in [9.17, 15) is 18.0 Å². The molecule has 1 fully saturated rings. The number of fused-ring (bicyclic) bond motifs is 1. The zero-order valence-corrected chi connectivity index (χ0v) is 28.9. The number of hydrogen-bond donors (Lipinski definition) is 2. The van der Waals surface area contributed by atoms with Crippen LogP contribution in [0.2, 0.25) is 0 Å². The van der Waals surface area contributed by atoms with Gasteiger partial charge in [0.25, 0.3) is 5.56 Å². The Morgan fingerprint density at radius 2 is 1.79 bits per heavy atom. The third-order valence-electron chi connectivity index (χ3n) is 8.24. The summed E-state index contributed by atoms with van der Waals surface area (Å²) in [6.45, 7) is 7.08. The molecule has 3 heterocycles. The summed E-state index contributed by atoms with van der Waals surface area (Å²) < 4.78 is 41.3. The Kier molecular flexibility index (Phi) is 10.6. The second-order valence-electron chi connectivity index (χ2n) is 13.1. The second kappa shape index (κ2) is 14.4. The van der Waals surface area contributed by atoms with Crippen LogP contribution in [0.5, 0.6) is 11.5 Å². The topological polar surface area (TPSA) is 123 Å². The number of aryl methyl sites for hydroxylation is 2. The molecule has 1 saturated heterocycles. The number of sulfonamides is 1. The fraction of sp³-hybridized carbons (Fsp3) is 0.429. The molecule has 2 aromatic carbocycles. The van der Waals surface area contributed by atoms with Crippen LogP contribution in [0.4, 0.5) is 10.5 Å². The fourth-order valence-corrected chi connectivity index (χ4v) is 7.21. The van der Waals surface area contributed by atoms with Crippen LogP contribution in [0.25, 0.3) is 22.0 Å². The number of halogens is 1. The van der Waals surface area contributed by atoms with Gasteiger partial charge in [0, 0.05) is 60.6 Å². The predicted molar refractivity (Wildman–Crippen MR) is 187 cm³/mol. The maximum absolute atomic E-state index is 12.8. The number of likely N-dealkylation sites (tertiary alicyclic amines) is 1. The van der Waals surface area contributed by atoms with E-state index in [0.717, 1.165) is 31.2 Å². The van der Waals surface area contributed by atoms with Gasteiger partial charge >= 0.3 is 6.09 Å². The maximum atomic E-state index is 12.8.